The number of thiazole rings is 1. The second kappa shape index (κ2) is 9.07. The third kappa shape index (κ3) is 5.34. The van der Waals surface area contributed by atoms with Gasteiger partial charge < -0.3 is 4.74 Å². The van der Waals surface area contributed by atoms with E-state index in [0.717, 1.165) is 0 Å². The van der Waals surface area contributed by atoms with Crippen LogP contribution in [0.1, 0.15) is 36.8 Å². The Morgan fingerprint density at radius 1 is 1.30 bits per heavy atom. The number of hydrogen-bond acceptors (Lipinski definition) is 7. The molecule has 2 aromatic rings. The van der Waals surface area contributed by atoms with Crippen LogP contribution in [0.15, 0.2) is 34.5 Å². The average molecular weight is 412 g/mol. The van der Waals surface area contributed by atoms with E-state index >= 15 is 0 Å². The maximum absolute atomic E-state index is 12.2. The second-order valence-electron chi connectivity index (χ2n) is 5.49. The van der Waals surface area contributed by atoms with Gasteiger partial charge in [0.1, 0.15) is 6.61 Å². The quantitative estimate of drug-likeness (QED) is 0.668. The summed E-state index contributed by atoms with van der Waals surface area (Å²) in [4.78, 5) is 29.6. The second-order valence-corrected chi connectivity index (χ2v) is 8.09. The molecule has 1 aromatic heterocycles. The van der Waals surface area contributed by atoms with Crippen molar-refractivity contribution in [2.75, 3.05) is 18.0 Å². The van der Waals surface area contributed by atoms with Crippen LogP contribution in [0.25, 0.3) is 0 Å². The molecule has 0 saturated carbocycles. The molecular weight excluding hydrogens is 390 g/mol. The highest BCUT2D eigenvalue weighted by Crippen LogP contribution is 2.21. The Morgan fingerprint density at radius 2 is 2.04 bits per heavy atom. The first-order valence-corrected chi connectivity index (χ1v) is 10.6. The summed E-state index contributed by atoms with van der Waals surface area (Å²) < 4.78 is 31.6. The molecule has 0 spiro atoms. The molecule has 1 heterocycles. The van der Waals surface area contributed by atoms with Crippen molar-refractivity contribution in [3.05, 3.63) is 40.9 Å². The van der Waals surface area contributed by atoms with Gasteiger partial charge in [-0.3, -0.25) is 9.69 Å². The fourth-order valence-corrected chi connectivity index (χ4v) is 4.27. The Labute approximate surface area is 162 Å². The summed E-state index contributed by atoms with van der Waals surface area (Å²) >= 11 is 1.28. The summed E-state index contributed by atoms with van der Waals surface area (Å²) in [7, 11) is -3.66. The van der Waals surface area contributed by atoms with Crippen molar-refractivity contribution in [3.63, 3.8) is 0 Å². The molecule has 0 aliphatic rings. The molecule has 0 aliphatic heterocycles. The normalized spacial score (nSPS) is 11.2. The van der Waals surface area contributed by atoms with Gasteiger partial charge in [0.05, 0.1) is 16.2 Å². The molecule has 0 radical (unpaired) electrons. The number of anilines is 1. The molecule has 1 N–H and O–H groups in total. The minimum Gasteiger partial charge on any atom is -0.456 e. The molecule has 0 bridgehead atoms. The zero-order valence-electron chi connectivity index (χ0n) is 15.3. The third-order valence-electron chi connectivity index (χ3n) is 3.53. The molecule has 2 rings (SSSR count). The number of sulfonamides is 1. The van der Waals surface area contributed by atoms with E-state index in [9.17, 15) is 18.0 Å². The number of nitrogens with zero attached hydrogens (tertiary/aromatic N) is 2. The lowest BCUT2D eigenvalue weighted by molar-refractivity contribution is -0.116. The van der Waals surface area contributed by atoms with Crippen LogP contribution in [0.2, 0.25) is 0 Å². The van der Waals surface area contributed by atoms with Gasteiger partial charge in [-0.15, -0.1) is 11.3 Å². The minimum atomic E-state index is -3.66. The predicted octanol–water partition coefficient (Wildman–Crippen LogP) is 2.17. The molecule has 0 saturated heterocycles. The maximum Gasteiger partial charge on any atom is 0.338 e. The molecule has 1 aromatic carbocycles. The van der Waals surface area contributed by atoms with E-state index in [1.54, 1.807) is 12.3 Å². The van der Waals surface area contributed by atoms with E-state index in [-0.39, 0.29) is 29.5 Å². The van der Waals surface area contributed by atoms with E-state index in [0.29, 0.717) is 17.4 Å². The van der Waals surface area contributed by atoms with Crippen LogP contribution in [-0.2, 0) is 26.2 Å². The van der Waals surface area contributed by atoms with Gasteiger partial charge in [0, 0.05) is 25.4 Å². The lowest BCUT2D eigenvalue weighted by Crippen LogP contribution is -2.27. The van der Waals surface area contributed by atoms with Gasteiger partial charge in [-0.1, -0.05) is 13.0 Å². The number of carbonyl (C=O) groups is 2. The topological polar surface area (TPSA) is 106 Å². The molecule has 10 heteroatoms. The standard InChI is InChI=1S/C17H21N3O5S2/c1-4-18-27(23,24)15-8-6-7-13(9-15)16(22)25-10-14-11-26-17(19-14)20(5-2)12(3)21/h6-9,11,18H,4-5,10H2,1-3H3. The first-order valence-electron chi connectivity index (χ1n) is 8.27. The minimum absolute atomic E-state index is 0.00482. The van der Waals surface area contributed by atoms with E-state index in [1.165, 1.54) is 47.4 Å². The molecule has 0 fully saturated rings. The summed E-state index contributed by atoms with van der Waals surface area (Å²) in [5.41, 5.74) is 0.642. The molecular formula is C17H21N3O5S2. The summed E-state index contributed by atoms with van der Waals surface area (Å²) in [5, 5.41) is 2.25. The van der Waals surface area contributed by atoms with Gasteiger partial charge in [0.2, 0.25) is 15.9 Å². The Bertz CT molecular complexity index is 924. The molecule has 8 nitrogen and oxygen atoms in total. The van der Waals surface area contributed by atoms with Crippen molar-refractivity contribution in [2.45, 2.75) is 32.3 Å². The predicted molar refractivity (Wildman–Crippen MR) is 102 cm³/mol. The van der Waals surface area contributed by atoms with E-state index in [2.05, 4.69) is 9.71 Å². The number of benzene rings is 1. The lowest BCUT2D eigenvalue weighted by Gasteiger charge is -2.14. The van der Waals surface area contributed by atoms with Crippen molar-refractivity contribution >= 4 is 38.4 Å². The van der Waals surface area contributed by atoms with Crippen molar-refractivity contribution in [1.29, 1.82) is 0 Å². The number of ether oxygens (including phenoxy) is 1. The number of amides is 1. The van der Waals surface area contributed by atoms with Crippen molar-refractivity contribution in [1.82, 2.24) is 9.71 Å². The Morgan fingerprint density at radius 3 is 2.67 bits per heavy atom. The molecule has 0 unspecified atom stereocenters. The number of nitrogens with one attached hydrogen (secondary N) is 1. The third-order valence-corrected chi connectivity index (χ3v) is 5.99. The highest BCUT2D eigenvalue weighted by molar-refractivity contribution is 7.89. The molecule has 146 valence electrons. The molecule has 0 atom stereocenters. The van der Waals surface area contributed by atoms with Crippen LogP contribution in [0.4, 0.5) is 5.13 Å². The van der Waals surface area contributed by atoms with E-state index < -0.39 is 16.0 Å². The first kappa shape index (κ1) is 21.0. The summed E-state index contributed by atoms with van der Waals surface area (Å²) in [5.74, 6) is -0.772. The van der Waals surface area contributed by atoms with Gasteiger partial charge >= 0.3 is 5.97 Å². The fourth-order valence-electron chi connectivity index (χ4n) is 2.27. The van der Waals surface area contributed by atoms with Crippen LogP contribution in [0.3, 0.4) is 0 Å². The molecule has 0 aliphatic carbocycles. The smallest absolute Gasteiger partial charge is 0.338 e. The monoisotopic (exact) mass is 411 g/mol. The van der Waals surface area contributed by atoms with Gasteiger partial charge in [0.25, 0.3) is 0 Å². The largest absolute Gasteiger partial charge is 0.456 e. The van der Waals surface area contributed by atoms with Crippen molar-refractivity contribution < 1.29 is 22.7 Å². The number of aromatic nitrogens is 1. The van der Waals surface area contributed by atoms with Crippen molar-refractivity contribution in [2.24, 2.45) is 0 Å². The van der Waals surface area contributed by atoms with E-state index in [4.69, 9.17) is 4.74 Å². The average Bonchev–Trinajstić information content (AvgIpc) is 3.08. The number of carbonyl (C=O) groups excluding carboxylic acids is 2. The van der Waals surface area contributed by atoms with Crippen molar-refractivity contribution in [3.8, 4) is 0 Å². The molecule has 1 amide bonds. The number of rotatable bonds is 8. The lowest BCUT2D eigenvalue weighted by atomic mass is 10.2. The Kier molecular flexibility index (Phi) is 7.05. The fraction of sp³-hybridized carbons (Fsp3) is 0.353. The first-order chi connectivity index (χ1) is 12.8. The van der Waals surface area contributed by atoms with Gasteiger partial charge in [0.15, 0.2) is 5.13 Å². The highest BCUT2D eigenvalue weighted by Gasteiger charge is 2.17. The highest BCUT2D eigenvalue weighted by atomic mass is 32.2. The number of hydrogen-bond donors (Lipinski definition) is 1. The summed E-state index contributed by atoms with van der Waals surface area (Å²) in [6, 6.07) is 5.63. The van der Waals surface area contributed by atoms with Crippen LogP contribution >= 0.6 is 11.3 Å². The summed E-state index contributed by atoms with van der Waals surface area (Å²) in [6.07, 6.45) is 0. The van der Waals surface area contributed by atoms with E-state index in [1.807, 2.05) is 6.92 Å². The van der Waals surface area contributed by atoms with Gasteiger partial charge in [-0.05, 0) is 25.1 Å². The number of esters is 1. The summed E-state index contributed by atoms with van der Waals surface area (Å²) in [6.45, 7) is 5.64. The zero-order chi connectivity index (χ0) is 20.0. The maximum atomic E-state index is 12.2. The van der Waals surface area contributed by atoms with Crippen LogP contribution in [0, 0.1) is 0 Å². The van der Waals surface area contributed by atoms with Gasteiger partial charge in [-0.25, -0.2) is 22.9 Å². The van der Waals surface area contributed by atoms with Crippen LogP contribution < -0.4 is 9.62 Å². The van der Waals surface area contributed by atoms with Gasteiger partial charge in [-0.2, -0.15) is 0 Å². The Balaban J connectivity index is 2.07. The van der Waals surface area contributed by atoms with Crippen LogP contribution in [-0.4, -0.2) is 38.4 Å². The SMILES string of the molecule is CCNS(=O)(=O)c1cccc(C(=O)OCc2csc(N(CC)C(C)=O)n2)c1. The van der Waals surface area contributed by atoms with Crippen LogP contribution in [0.5, 0.6) is 0 Å². The zero-order valence-corrected chi connectivity index (χ0v) is 16.9. The molecule has 27 heavy (non-hydrogen) atoms. The Hall–Kier alpha value is -2.30.